The fourth-order valence-corrected chi connectivity index (χ4v) is 6.63. The van der Waals surface area contributed by atoms with E-state index < -0.39 is 21.4 Å². The van der Waals surface area contributed by atoms with Crippen LogP contribution in [-0.2, 0) is 10.0 Å². The summed E-state index contributed by atoms with van der Waals surface area (Å²) in [5.74, 6) is 0.380. The van der Waals surface area contributed by atoms with Gasteiger partial charge in [0, 0.05) is 12.3 Å². The molecule has 0 amide bonds. The lowest BCUT2D eigenvalue weighted by atomic mass is 10.1. The van der Waals surface area contributed by atoms with Crippen LogP contribution < -0.4 is 13.8 Å². The highest BCUT2D eigenvalue weighted by Gasteiger charge is 2.38. The molecule has 0 radical (unpaired) electrons. The van der Waals surface area contributed by atoms with Crippen LogP contribution in [0.1, 0.15) is 24.2 Å². The van der Waals surface area contributed by atoms with Crippen LogP contribution in [0.5, 0.6) is 17.4 Å². The summed E-state index contributed by atoms with van der Waals surface area (Å²) in [5, 5.41) is 38.4. The van der Waals surface area contributed by atoms with Crippen molar-refractivity contribution in [3.8, 4) is 40.7 Å². The molecule has 15 heteroatoms. The summed E-state index contributed by atoms with van der Waals surface area (Å²) in [6.45, 7) is 1.34. The highest BCUT2D eigenvalue weighted by molar-refractivity contribution is 14.2. The third-order valence-electron chi connectivity index (χ3n) is 6.29. The molecule has 218 valence electrons. The molecule has 0 aliphatic heterocycles. The summed E-state index contributed by atoms with van der Waals surface area (Å²) in [6, 6.07) is 19.7. The minimum atomic E-state index is -4.34. The third kappa shape index (κ3) is 6.19. The van der Waals surface area contributed by atoms with Gasteiger partial charge in [0.05, 0.1) is 38.0 Å². The van der Waals surface area contributed by atoms with Crippen molar-refractivity contribution in [2.24, 2.45) is 0 Å². The molecule has 0 unspecified atom stereocenters. The lowest BCUT2D eigenvalue weighted by Crippen LogP contribution is -2.43. The second-order valence-electron chi connectivity index (χ2n) is 8.72. The number of aromatic nitrogens is 4. The number of nitriles is 1. The number of para-hydroxylation sites is 1. The predicted molar refractivity (Wildman–Crippen MR) is 165 cm³/mol. The van der Waals surface area contributed by atoms with Crippen molar-refractivity contribution in [2.75, 3.05) is 30.8 Å². The fraction of sp³-hybridized carbons (Fsp3) is 0.259. The van der Waals surface area contributed by atoms with Crippen LogP contribution in [0.25, 0.3) is 17.2 Å². The maximum atomic E-state index is 14.2. The summed E-state index contributed by atoms with van der Waals surface area (Å²) >= 11 is 2.06. The Kier molecular flexibility index (Phi) is 10.00. The quantitative estimate of drug-likeness (QED) is 0.204. The van der Waals surface area contributed by atoms with Gasteiger partial charge in [-0.2, -0.15) is 5.26 Å². The topological polar surface area (TPSA) is 164 Å². The molecule has 2 N–H and O–H groups in total. The molecule has 0 spiro atoms. The van der Waals surface area contributed by atoms with Crippen LogP contribution >= 0.6 is 30.1 Å². The molecule has 4 rings (SSSR count). The van der Waals surface area contributed by atoms with Gasteiger partial charge in [0.1, 0.15) is 22.4 Å². The van der Waals surface area contributed by atoms with Crippen molar-refractivity contribution in [2.45, 2.75) is 18.3 Å². The van der Waals surface area contributed by atoms with E-state index in [2.05, 4.69) is 48.5 Å². The van der Waals surface area contributed by atoms with E-state index in [0.717, 1.165) is 4.31 Å². The number of aliphatic hydroxyl groups excluding tert-OH is 1. The summed E-state index contributed by atoms with van der Waals surface area (Å²) in [5.41, 5.74) is 0.878. The first kappa shape index (κ1) is 31.2. The molecular weight excluding hydrogens is 695 g/mol. The minimum absolute atomic E-state index is 0.0302. The van der Waals surface area contributed by atoms with Gasteiger partial charge in [-0.25, -0.2) is 17.7 Å². The van der Waals surface area contributed by atoms with Gasteiger partial charge in [0.25, 0.3) is 0 Å². The molecule has 0 aliphatic carbocycles. The fourth-order valence-electron chi connectivity index (χ4n) is 4.09. The number of aliphatic hydroxyl groups is 1. The van der Waals surface area contributed by atoms with Gasteiger partial charge in [-0.1, -0.05) is 33.2 Å². The third-order valence-corrected chi connectivity index (χ3v) is 10.1. The zero-order valence-corrected chi connectivity index (χ0v) is 26.4. The Bertz CT molecular complexity index is 1690. The minimum Gasteiger partial charge on any atom is -0.506 e. The first-order valence-corrected chi connectivity index (χ1v) is 17.3. The van der Waals surface area contributed by atoms with Gasteiger partial charge >= 0.3 is 0 Å². The Hall–Kier alpha value is -3.77. The number of hydrogen-bond acceptors (Lipinski definition) is 11. The van der Waals surface area contributed by atoms with E-state index in [1.807, 2.05) is 6.07 Å². The molecule has 0 saturated heterocycles. The highest BCUT2D eigenvalue weighted by atomic mass is 127. The summed E-state index contributed by atoms with van der Waals surface area (Å²) < 4.78 is 41.5. The van der Waals surface area contributed by atoms with E-state index in [9.17, 15) is 18.6 Å². The second-order valence-corrected chi connectivity index (χ2v) is 13.4. The molecule has 12 nitrogen and oxygen atoms in total. The van der Waals surface area contributed by atoms with Gasteiger partial charge in [-0.05, 0) is 64.0 Å². The molecule has 2 aromatic heterocycles. The van der Waals surface area contributed by atoms with E-state index in [-0.39, 0.29) is 47.1 Å². The Morgan fingerprint density at radius 3 is 2.57 bits per heavy atom. The number of halogens is 1. The van der Waals surface area contributed by atoms with Crippen LogP contribution in [0, 0.1) is 23.5 Å². The Labute approximate surface area is 259 Å². The Morgan fingerprint density at radius 1 is 1.19 bits per heavy atom. The number of phenols is 1. The monoisotopic (exact) mass is 720 g/mol. The van der Waals surface area contributed by atoms with Crippen LogP contribution in [0.2, 0.25) is 0 Å². The smallest absolute Gasteiger partial charge is 0.246 e. The molecule has 2 aromatic carbocycles. The maximum absolute atomic E-state index is 14.2. The molecule has 2 heterocycles. The van der Waals surface area contributed by atoms with Gasteiger partial charge in [-0.3, -0.25) is 4.57 Å². The molecule has 0 fully saturated rings. The van der Waals surface area contributed by atoms with Gasteiger partial charge in [-0.15, -0.1) is 10.2 Å². The zero-order valence-electron chi connectivity index (χ0n) is 22.6. The summed E-state index contributed by atoms with van der Waals surface area (Å²) in [6.07, 6.45) is -1.43. The van der Waals surface area contributed by atoms with Crippen LogP contribution in [0.4, 0.5) is 5.95 Å². The van der Waals surface area contributed by atoms with Crippen molar-refractivity contribution in [3.63, 3.8) is 0 Å². The average Bonchev–Trinajstić information content (AvgIpc) is 3.44. The van der Waals surface area contributed by atoms with Gasteiger partial charge in [0.15, 0.2) is 11.5 Å². The molecule has 0 bridgehead atoms. The number of benzene rings is 2. The van der Waals surface area contributed by atoms with Gasteiger partial charge in [0.2, 0.25) is 21.9 Å². The van der Waals surface area contributed by atoms with Crippen LogP contribution in [0.3, 0.4) is 0 Å². The van der Waals surface area contributed by atoms with E-state index in [1.54, 1.807) is 12.1 Å². The first-order valence-electron chi connectivity index (χ1n) is 12.3. The van der Waals surface area contributed by atoms with Gasteiger partial charge < -0.3 is 19.7 Å². The lowest BCUT2D eigenvalue weighted by molar-refractivity contribution is 0.176. The van der Waals surface area contributed by atoms with Crippen LogP contribution in [-0.4, -0.2) is 70.1 Å². The Balaban J connectivity index is 1.93. The van der Waals surface area contributed by atoms with Crippen molar-refractivity contribution in [1.29, 1.82) is 5.26 Å². The van der Waals surface area contributed by atoms with Crippen molar-refractivity contribution in [1.82, 2.24) is 19.7 Å². The SMILES string of the molecule is COc1cc#cc(-c2nnc(N(CCSI)S(=O)(=O)[C@H](C)[C@H](O)c3ccc(C#N)cc3)n2-c2c(O)cccc2OC)n1. The number of phenolic OH excluding ortho intramolecular Hbond substituents is 1. The van der Waals surface area contributed by atoms with E-state index in [0.29, 0.717) is 16.9 Å². The largest absolute Gasteiger partial charge is 0.506 e. The summed E-state index contributed by atoms with van der Waals surface area (Å²) in [7, 11) is -0.125. The van der Waals surface area contributed by atoms with Crippen molar-refractivity contribution in [3.05, 3.63) is 71.8 Å². The predicted octanol–water partition coefficient (Wildman–Crippen LogP) is 3.87. The number of rotatable bonds is 12. The summed E-state index contributed by atoms with van der Waals surface area (Å²) in [4.78, 5) is 4.36. The van der Waals surface area contributed by atoms with Crippen molar-refractivity contribution >= 4 is 46.1 Å². The lowest BCUT2D eigenvalue weighted by Gasteiger charge is -2.29. The molecule has 42 heavy (non-hydrogen) atoms. The number of aromatic hydroxyl groups is 1. The molecule has 0 saturated carbocycles. The standard InChI is InChI=1S/C27H25IN6O6S2/c1-17(25(36)19-12-10-18(16-29)11-13-19)42(37,38)33(14-15-41-28)27-32-31-26(20-6-4-9-23(30-20)40-3)34(27)24-21(35)7-5-8-22(24)39-2/h5,7-13,17,25,35-36H,14-15H2,1-3H3/t17-,25+/m1/s1. The normalized spacial score (nSPS) is 12.6. The highest BCUT2D eigenvalue weighted by Crippen LogP contribution is 2.39. The number of hydrogen-bond donors (Lipinski definition) is 2. The van der Waals surface area contributed by atoms with E-state index in [4.69, 9.17) is 14.7 Å². The van der Waals surface area contributed by atoms with E-state index >= 15 is 0 Å². The molecule has 0 aliphatic rings. The Morgan fingerprint density at radius 2 is 1.93 bits per heavy atom. The van der Waals surface area contributed by atoms with Crippen molar-refractivity contribution < 1.29 is 28.1 Å². The number of ether oxygens (including phenoxy) is 2. The maximum Gasteiger partial charge on any atom is 0.246 e. The number of anilines is 1. The molecule has 2 atom stereocenters. The second kappa shape index (κ2) is 13.5. The first-order chi connectivity index (χ1) is 20.2. The number of sulfonamides is 1. The number of nitrogens with zero attached hydrogens (tertiary/aromatic N) is 6. The molecule has 4 aromatic rings. The zero-order chi connectivity index (χ0) is 30.4. The average molecular weight is 721 g/mol. The number of methoxy groups -OCH3 is 2. The van der Waals surface area contributed by atoms with Crippen LogP contribution in [0.15, 0.2) is 48.5 Å². The van der Waals surface area contributed by atoms with E-state index in [1.165, 1.54) is 71.0 Å². The molecular formula is C27H25IN6O6S2.